The van der Waals surface area contributed by atoms with Gasteiger partial charge in [-0.15, -0.1) is 0 Å². The van der Waals surface area contributed by atoms with Crippen molar-refractivity contribution in [3.05, 3.63) is 69.9 Å². The molecule has 0 spiro atoms. The van der Waals surface area contributed by atoms with Gasteiger partial charge in [-0.25, -0.2) is 0 Å². The first kappa shape index (κ1) is 15.0. The Morgan fingerprint density at radius 2 is 1.44 bits per heavy atom. The first-order valence-corrected chi connectivity index (χ1v) is 9.73. The smallest absolute Gasteiger partial charge is 0.0527 e. The zero-order valence-corrected chi connectivity index (χ0v) is 15.4. The van der Waals surface area contributed by atoms with E-state index in [0.717, 1.165) is 32.2 Å². The number of benzene rings is 2. The number of rotatable bonds is 3. The molecule has 2 aliphatic carbocycles. The summed E-state index contributed by atoms with van der Waals surface area (Å²) in [7, 11) is 0. The SMILES string of the molecule is CCc1ccc2c(c1)-c1c3c(n(CC)c1C2)-c1cc(CC)ccc1C3. The van der Waals surface area contributed by atoms with Crippen LogP contribution in [-0.2, 0) is 32.2 Å². The summed E-state index contributed by atoms with van der Waals surface area (Å²) in [6.07, 6.45) is 4.41. The van der Waals surface area contributed by atoms with E-state index in [1.54, 1.807) is 16.8 Å². The van der Waals surface area contributed by atoms with E-state index in [1.165, 1.54) is 39.1 Å². The summed E-state index contributed by atoms with van der Waals surface area (Å²) in [5, 5.41) is 0. The lowest BCUT2D eigenvalue weighted by Crippen LogP contribution is -2.02. The molecule has 3 aromatic rings. The Hall–Kier alpha value is -2.28. The predicted octanol–water partition coefficient (Wildman–Crippen LogP) is 5.78. The zero-order valence-electron chi connectivity index (χ0n) is 15.4. The Morgan fingerprint density at radius 1 is 0.800 bits per heavy atom. The van der Waals surface area contributed by atoms with Crippen molar-refractivity contribution >= 4 is 0 Å². The highest BCUT2D eigenvalue weighted by atomic mass is 15.0. The molecule has 5 rings (SSSR count). The number of hydrogen-bond acceptors (Lipinski definition) is 0. The molecule has 0 saturated carbocycles. The van der Waals surface area contributed by atoms with Crippen molar-refractivity contribution < 1.29 is 0 Å². The van der Waals surface area contributed by atoms with Gasteiger partial charge in [0.05, 0.1) is 5.69 Å². The van der Waals surface area contributed by atoms with E-state index in [-0.39, 0.29) is 0 Å². The van der Waals surface area contributed by atoms with Gasteiger partial charge in [0.25, 0.3) is 0 Å². The van der Waals surface area contributed by atoms with Crippen LogP contribution in [0.4, 0.5) is 0 Å². The third-order valence-electron chi connectivity index (χ3n) is 6.20. The van der Waals surface area contributed by atoms with Crippen molar-refractivity contribution in [3.8, 4) is 22.4 Å². The second kappa shape index (κ2) is 5.36. The van der Waals surface area contributed by atoms with Crippen LogP contribution in [0.3, 0.4) is 0 Å². The molecule has 0 atom stereocenters. The molecular formula is C24H25N. The number of nitrogens with zero attached hydrogens (tertiary/aromatic N) is 1. The van der Waals surface area contributed by atoms with Crippen molar-refractivity contribution in [1.82, 2.24) is 4.57 Å². The number of aromatic nitrogens is 1. The summed E-state index contributed by atoms with van der Waals surface area (Å²) in [5.74, 6) is 0. The number of fused-ring (bicyclic) bond motifs is 7. The fourth-order valence-corrected chi connectivity index (χ4v) is 4.88. The summed E-state index contributed by atoms with van der Waals surface area (Å²) >= 11 is 0. The fourth-order valence-electron chi connectivity index (χ4n) is 4.88. The van der Waals surface area contributed by atoms with Gasteiger partial charge in [-0.05, 0) is 59.2 Å². The second-order valence-electron chi connectivity index (χ2n) is 7.44. The molecular weight excluding hydrogens is 302 g/mol. The van der Waals surface area contributed by atoms with E-state index in [2.05, 4.69) is 61.7 Å². The quantitative estimate of drug-likeness (QED) is 0.396. The first-order valence-electron chi connectivity index (χ1n) is 9.73. The Labute approximate surface area is 150 Å². The van der Waals surface area contributed by atoms with Crippen LogP contribution >= 0.6 is 0 Å². The second-order valence-corrected chi connectivity index (χ2v) is 7.44. The highest BCUT2D eigenvalue weighted by Crippen LogP contribution is 2.50. The van der Waals surface area contributed by atoms with Crippen LogP contribution in [-0.4, -0.2) is 4.57 Å². The van der Waals surface area contributed by atoms with Crippen LogP contribution in [0.2, 0.25) is 0 Å². The van der Waals surface area contributed by atoms with Crippen LogP contribution in [0.5, 0.6) is 0 Å². The van der Waals surface area contributed by atoms with Crippen molar-refractivity contribution in [2.75, 3.05) is 0 Å². The summed E-state index contributed by atoms with van der Waals surface area (Å²) in [5.41, 5.74) is 15.1. The first-order chi connectivity index (χ1) is 12.2. The van der Waals surface area contributed by atoms with E-state index in [9.17, 15) is 0 Å². The van der Waals surface area contributed by atoms with E-state index >= 15 is 0 Å². The van der Waals surface area contributed by atoms with Gasteiger partial charge in [-0.2, -0.15) is 0 Å². The molecule has 0 unspecified atom stereocenters. The molecule has 0 radical (unpaired) electrons. The highest BCUT2D eigenvalue weighted by molar-refractivity contribution is 5.90. The maximum absolute atomic E-state index is 2.60. The highest BCUT2D eigenvalue weighted by Gasteiger charge is 2.34. The Kier molecular flexibility index (Phi) is 3.22. The summed E-state index contributed by atoms with van der Waals surface area (Å²) in [6, 6.07) is 14.2. The minimum absolute atomic E-state index is 1.06. The van der Waals surface area contributed by atoms with Gasteiger partial charge in [0.2, 0.25) is 0 Å². The molecule has 126 valence electrons. The van der Waals surface area contributed by atoms with Crippen LogP contribution < -0.4 is 0 Å². The molecule has 0 N–H and O–H groups in total. The van der Waals surface area contributed by atoms with Crippen molar-refractivity contribution in [3.63, 3.8) is 0 Å². The molecule has 1 nitrogen and oxygen atoms in total. The normalized spacial score (nSPS) is 13.6. The molecule has 1 aromatic heterocycles. The third kappa shape index (κ3) is 1.96. The molecule has 0 amide bonds. The van der Waals surface area contributed by atoms with Gasteiger partial charge in [0, 0.05) is 36.2 Å². The lowest BCUT2D eigenvalue weighted by molar-refractivity contribution is 0.740. The largest absolute Gasteiger partial charge is 0.344 e. The predicted molar refractivity (Wildman–Crippen MR) is 105 cm³/mol. The van der Waals surface area contributed by atoms with Crippen molar-refractivity contribution in [2.24, 2.45) is 0 Å². The average molecular weight is 327 g/mol. The Balaban J connectivity index is 1.77. The van der Waals surface area contributed by atoms with E-state index in [0.29, 0.717) is 0 Å². The molecule has 25 heavy (non-hydrogen) atoms. The third-order valence-corrected chi connectivity index (χ3v) is 6.20. The lowest BCUT2D eigenvalue weighted by atomic mass is 9.99. The van der Waals surface area contributed by atoms with Crippen LogP contribution in [0.1, 0.15) is 54.3 Å². The zero-order chi connectivity index (χ0) is 17.1. The minimum Gasteiger partial charge on any atom is -0.344 e. The molecule has 2 aliphatic rings. The monoisotopic (exact) mass is 327 g/mol. The average Bonchev–Trinajstić information content (AvgIpc) is 3.27. The molecule has 1 heteroatoms. The molecule has 1 heterocycles. The van der Waals surface area contributed by atoms with Crippen molar-refractivity contribution in [1.29, 1.82) is 0 Å². The van der Waals surface area contributed by atoms with Gasteiger partial charge < -0.3 is 4.57 Å². The Morgan fingerprint density at radius 3 is 2.08 bits per heavy atom. The number of hydrogen-bond donors (Lipinski definition) is 0. The maximum Gasteiger partial charge on any atom is 0.0527 e. The van der Waals surface area contributed by atoms with Gasteiger partial charge in [0.15, 0.2) is 0 Å². The van der Waals surface area contributed by atoms with Crippen molar-refractivity contribution in [2.45, 2.75) is 53.0 Å². The molecule has 0 aliphatic heterocycles. The van der Waals surface area contributed by atoms with Gasteiger partial charge >= 0.3 is 0 Å². The molecule has 2 aromatic carbocycles. The molecule has 0 bridgehead atoms. The van der Waals surface area contributed by atoms with Gasteiger partial charge in [0.1, 0.15) is 0 Å². The minimum atomic E-state index is 1.06. The van der Waals surface area contributed by atoms with Crippen LogP contribution in [0.25, 0.3) is 22.4 Å². The topological polar surface area (TPSA) is 4.93 Å². The maximum atomic E-state index is 2.60. The van der Waals surface area contributed by atoms with Gasteiger partial charge in [-0.1, -0.05) is 44.2 Å². The van der Waals surface area contributed by atoms with E-state index < -0.39 is 0 Å². The standard InChI is InChI=1S/C24H25N/c1-4-15-8-10-18-14-22-23(19(18)11-15)21-13-17-9-7-16(5-2)12-20(17)24(21)25(22)6-3/h7-12H,4-6,13-14H2,1-3H3. The summed E-state index contributed by atoms with van der Waals surface area (Å²) in [6.45, 7) is 7.85. The van der Waals surface area contributed by atoms with Gasteiger partial charge in [-0.3, -0.25) is 0 Å². The fraction of sp³-hybridized carbons (Fsp3) is 0.333. The summed E-state index contributed by atoms with van der Waals surface area (Å²) in [4.78, 5) is 0. The van der Waals surface area contributed by atoms with Crippen LogP contribution in [0.15, 0.2) is 36.4 Å². The summed E-state index contributed by atoms with van der Waals surface area (Å²) < 4.78 is 2.60. The lowest BCUT2D eigenvalue weighted by Gasteiger charge is -2.11. The van der Waals surface area contributed by atoms with E-state index in [1.807, 2.05) is 0 Å². The van der Waals surface area contributed by atoms with Crippen LogP contribution in [0, 0.1) is 0 Å². The number of aryl methyl sites for hydroxylation is 2. The molecule has 0 fully saturated rings. The Bertz CT molecular complexity index is 1000. The van der Waals surface area contributed by atoms with E-state index in [4.69, 9.17) is 0 Å². The molecule has 0 saturated heterocycles.